The van der Waals surface area contributed by atoms with Crippen molar-refractivity contribution >= 4 is 27.5 Å². The Bertz CT molecular complexity index is 529. The van der Waals surface area contributed by atoms with E-state index in [9.17, 15) is 22.8 Å². The lowest BCUT2D eigenvalue weighted by Gasteiger charge is -2.11. The van der Waals surface area contributed by atoms with E-state index in [0.717, 1.165) is 6.20 Å². The number of carbonyl (C=O) groups excluding carboxylic acids is 1. The zero-order valence-electron chi connectivity index (χ0n) is 9.50. The number of amides is 1. The number of alkyl halides is 3. The number of anilines is 1. The van der Waals surface area contributed by atoms with Crippen molar-refractivity contribution < 1.29 is 18.0 Å². The zero-order valence-corrected chi connectivity index (χ0v) is 11.1. The van der Waals surface area contributed by atoms with Crippen molar-refractivity contribution in [3.8, 4) is 0 Å². The molecule has 1 heterocycles. The fourth-order valence-electron chi connectivity index (χ4n) is 1.19. The van der Waals surface area contributed by atoms with Crippen molar-refractivity contribution in [2.75, 3.05) is 11.9 Å². The minimum atomic E-state index is -4.53. The normalized spacial score (nSPS) is 11.4. The lowest BCUT2D eigenvalue weighted by molar-refractivity contribution is -0.143. The molecule has 0 atom stereocenters. The molecule has 0 aliphatic carbocycles. The Morgan fingerprint density at radius 2 is 2.16 bits per heavy atom. The molecule has 1 amide bonds. The minimum Gasteiger partial charge on any atom is -0.382 e. The molecule has 1 aromatic heterocycles. The first-order valence-corrected chi connectivity index (χ1v) is 5.84. The molecule has 19 heavy (non-hydrogen) atoms. The largest absolute Gasteiger partial charge is 0.408 e. The van der Waals surface area contributed by atoms with Gasteiger partial charge < -0.3 is 11.1 Å². The van der Waals surface area contributed by atoms with Crippen molar-refractivity contribution in [3.63, 3.8) is 0 Å². The summed E-state index contributed by atoms with van der Waals surface area (Å²) >= 11 is 2.89. The number of hydrogen-bond donors (Lipinski definition) is 2. The van der Waals surface area contributed by atoms with Crippen LogP contribution in [0.1, 0.15) is 6.42 Å². The van der Waals surface area contributed by atoms with Crippen molar-refractivity contribution in [3.05, 3.63) is 21.0 Å². The number of primary amides is 1. The van der Waals surface area contributed by atoms with Crippen LogP contribution in [0.3, 0.4) is 0 Å². The van der Waals surface area contributed by atoms with Gasteiger partial charge in [-0.05, 0) is 15.9 Å². The maximum Gasteiger partial charge on any atom is 0.408 e. The van der Waals surface area contributed by atoms with Crippen LogP contribution < -0.4 is 16.6 Å². The Balaban J connectivity index is 2.86. The summed E-state index contributed by atoms with van der Waals surface area (Å²) < 4.78 is 36.7. The highest BCUT2D eigenvalue weighted by molar-refractivity contribution is 9.10. The van der Waals surface area contributed by atoms with E-state index in [2.05, 4.69) is 26.3 Å². The van der Waals surface area contributed by atoms with E-state index in [-0.39, 0.29) is 23.1 Å². The Morgan fingerprint density at radius 1 is 1.53 bits per heavy atom. The SMILES string of the molecule is NC(=O)CCNc1cnn(CC(F)(F)F)c(=O)c1Br. The van der Waals surface area contributed by atoms with E-state index < -0.39 is 24.2 Å². The third kappa shape index (κ3) is 4.89. The third-order valence-corrected chi connectivity index (χ3v) is 2.77. The van der Waals surface area contributed by atoms with Gasteiger partial charge in [-0.1, -0.05) is 0 Å². The van der Waals surface area contributed by atoms with Gasteiger partial charge in [0, 0.05) is 13.0 Å². The number of carbonyl (C=O) groups is 1. The number of rotatable bonds is 5. The average molecular weight is 343 g/mol. The van der Waals surface area contributed by atoms with Gasteiger partial charge in [-0.25, -0.2) is 4.68 Å². The first-order chi connectivity index (χ1) is 8.70. The molecule has 0 aliphatic heterocycles. The number of hydrogen-bond acceptors (Lipinski definition) is 4. The average Bonchev–Trinajstić information content (AvgIpc) is 2.26. The number of nitrogens with one attached hydrogen (secondary N) is 1. The number of aromatic nitrogens is 2. The molecule has 0 aliphatic rings. The Morgan fingerprint density at radius 3 is 2.68 bits per heavy atom. The fraction of sp³-hybridized carbons (Fsp3) is 0.444. The van der Waals surface area contributed by atoms with E-state index in [1.54, 1.807) is 0 Å². The standard InChI is InChI=1S/C9H10BrF3N4O2/c10-7-5(15-2-1-6(14)18)3-16-17(8(7)19)4-9(11,12)13/h3,15H,1-2,4H2,(H2,14,18). The molecule has 0 aromatic carbocycles. The van der Waals surface area contributed by atoms with Crippen LogP contribution in [0.2, 0.25) is 0 Å². The summed E-state index contributed by atoms with van der Waals surface area (Å²) in [6, 6.07) is 0. The van der Waals surface area contributed by atoms with Crippen LogP contribution in [0.25, 0.3) is 0 Å². The lowest BCUT2D eigenvalue weighted by Crippen LogP contribution is -2.31. The maximum absolute atomic E-state index is 12.2. The molecule has 6 nitrogen and oxygen atoms in total. The number of nitrogens with zero attached hydrogens (tertiary/aromatic N) is 2. The van der Waals surface area contributed by atoms with E-state index >= 15 is 0 Å². The molecule has 1 aromatic rings. The van der Waals surface area contributed by atoms with Gasteiger partial charge in [0.2, 0.25) is 5.91 Å². The predicted octanol–water partition coefficient (Wildman–Crippen LogP) is 0.855. The molecule has 0 spiro atoms. The second-order valence-corrected chi connectivity index (χ2v) is 4.39. The molecule has 0 fully saturated rings. The number of nitrogens with two attached hydrogens (primary N) is 1. The molecule has 3 N–H and O–H groups in total. The predicted molar refractivity (Wildman–Crippen MR) is 64.6 cm³/mol. The summed E-state index contributed by atoms with van der Waals surface area (Å²) in [7, 11) is 0. The Labute approximate surface area is 113 Å². The fourth-order valence-corrected chi connectivity index (χ4v) is 1.64. The molecule has 0 saturated carbocycles. The van der Waals surface area contributed by atoms with Gasteiger partial charge in [0.15, 0.2) is 0 Å². The molecular weight excluding hydrogens is 333 g/mol. The topological polar surface area (TPSA) is 90.0 Å². The summed E-state index contributed by atoms with van der Waals surface area (Å²) in [4.78, 5) is 22.1. The van der Waals surface area contributed by atoms with Gasteiger partial charge >= 0.3 is 6.18 Å². The summed E-state index contributed by atoms with van der Waals surface area (Å²) in [5, 5.41) is 6.07. The van der Waals surface area contributed by atoms with Crippen molar-refractivity contribution in [2.24, 2.45) is 5.73 Å². The lowest BCUT2D eigenvalue weighted by atomic mass is 10.4. The molecule has 0 saturated heterocycles. The summed E-state index contributed by atoms with van der Waals surface area (Å²) in [6.45, 7) is -1.32. The molecule has 0 unspecified atom stereocenters. The summed E-state index contributed by atoms with van der Waals surface area (Å²) in [5.41, 5.74) is 4.20. The van der Waals surface area contributed by atoms with Gasteiger partial charge in [-0.3, -0.25) is 9.59 Å². The van der Waals surface area contributed by atoms with Crippen LogP contribution in [0, 0.1) is 0 Å². The van der Waals surface area contributed by atoms with Crippen LogP contribution in [0.15, 0.2) is 15.5 Å². The molecule has 1 rings (SSSR count). The Hall–Kier alpha value is -1.58. The van der Waals surface area contributed by atoms with E-state index in [4.69, 9.17) is 5.73 Å². The van der Waals surface area contributed by atoms with Crippen LogP contribution in [0.4, 0.5) is 18.9 Å². The monoisotopic (exact) mass is 342 g/mol. The second-order valence-electron chi connectivity index (χ2n) is 3.59. The molecule has 0 bridgehead atoms. The first kappa shape index (κ1) is 15.5. The smallest absolute Gasteiger partial charge is 0.382 e. The van der Waals surface area contributed by atoms with Gasteiger partial charge in [0.1, 0.15) is 11.0 Å². The number of halogens is 4. The Kier molecular flexibility index (Phi) is 4.92. The zero-order chi connectivity index (χ0) is 14.6. The first-order valence-electron chi connectivity index (χ1n) is 5.05. The van der Waals surface area contributed by atoms with Crippen molar-refractivity contribution in [1.82, 2.24) is 9.78 Å². The highest BCUT2D eigenvalue weighted by Gasteiger charge is 2.29. The summed E-state index contributed by atoms with van der Waals surface area (Å²) in [6.07, 6.45) is -3.44. The van der Waals surface area contributed by atoms with Crippen molar-refractivity contribution in [1.29, 1.82) is 0 Å². The van der Waals surface area contributed by atoms with Crippen LogP contribution in [-0.2, 0) is 11.3 Å². The minimum absolute atomic E-state index is 0.0259. The van der Waals surface area contributed by atoms with Crippen LogP contribution in [-0.4, -0.2) is 28.4 Å². The molecule has 0 radical (unpaired) electrons. The van der Waals surface area contributed by atoms with E-state index in [1.165, 1.54) is 0 Å². The van der Waals surface area contributed by atoms with Gasteiger partial charge in [-0.15, -0.1) is 0 Å². The highest BCUT2D eigenvalue weighted by atomic mass is 79.9. The van der Waals surface area contributed by atoms with Crippen molar-refractivity contribution in [2.45, 2.75) is 19.1 Å². The molecular formula is C9H10BrF3N4O2. The third-order valence-electron chi connectivity index (χ3n) is 2.00. The quantitative estimate of drug-likeness (QED) is 0.830. The molecule has 10 heteroatoms. The van der Waals surface area contributed by atoms with Crippen LogP contribution >= 0.6 is 15.9 Å². The van der Waals surface area contributed by atoms with Gasteiger partial charge in [0.25, 0.3) is 5.56 Å². The summed E-state index contributed by atoms with van der Waals surface area (Å²) in [5.74, 6) is -0.540. The molecule has 106 valence electrons. The highest BCUT2D eigenvalue weighted by Crippen LogP contribution is 2.19. The van der Waals surface area contributed by atoms with E-state index in [1.807, 2.05) is 0 Å². The van der Waals surface area contributed by atoms with Gasteiger partial charge in [0.05, 0.1) is 11.9 Å². The van der Waals surface area contributed by atoms with Gasteiger partial charge in [-0.2, -0.15) is 18.3 Å². The van der Waals surface area contributed by atoms with Crippen LogP contribution in [0.5, 0.6) is 0 Å². The second kappa shape index (κ2) is 6.04. The van der Waals surface area contributed by atoms with E-state index in [0.29, 0.717) is 4.68 Å². The maximum atomic E-state index is 12.2.